The van der Waals surface area contributed by atoms with Crippen molar-refractivity contribution >= 4 is 34.2 Å². The minimum atomic E-state index is -0.364. The van der Waals surface area contributed by atoms with Crippen LogP contribution in [0.15, 0.2) is 45.5 Å². The van der Waals surface area contributed by atoms with Gasteiger partial charge in [0.25, 0.3) is 5.56 Å². The summed E-state index contributed by atoms with van der Waals surface area (Å²) < 4.78 is 0. The van der Waals surface area contributed by atoms with Gasteiger partial charge < -0.3 is 16.1 Å². The molecule has 0 aliphatic carbocycles. The van der Waals surface area contributed by atoms with Gasteiger partial charge in [-0.3, -0.25) is 9.69 Å². The monoisotopic (exact) mass is 528 g/mol. The first kappa shape index (κ1) is 26.2. The molecule has 13 heteroatoms. The molecule has 0 radical (unpaired) electrons. The average molecular weight is 529 g/mol. The van der Waals surface area contributed by atoms with Crippen LogP contribution in [0.2, 0.25) is 0 Å². The largest absolute Gasteiger partial charge is 0.339 e. The second-order valence-electron chi connectivity index (χ2n) is 10.1. The van der Waals surface area contributed by atoms with E-state index < -0.39 is 0 Å². The van der Waals surface area contributed by atoms with E-state index in [0.29, 0.717) is 47.4 Å². The van der Waals surface area contributed by atoms with Crippen molar-refractivity contribution in [1.82, 2.24) is 25.1 Å². The van der Waals surface area contributed by atoms with Crippen LogP contribution >= 0.6 is 0 Å². The van der Waals surface area contributed by atoms with Crippen LogP contribution in [0.3, 0.4) is 0 Å². The molecule has 13 nitrogen and oxygen atoms in total. The molecule has 4 heterocycles. The predicted molar refractivity (Wildman–Crippen MR) is 148 cm³/mol. The molecule has 39 heavy (non-hydrogen) atoms. The number of anilines is 3. The fourth-order valence-electron chi connectivity index (χ4n) is 5.31. The maximum Gasteiger partial charge on any atom is 0.277 e. The molecule has 0 saturated carbocycles. The zero-order valence-electron chi connectivity index (χ0n) is 21.7. The average Bonchev–Trinajstić information content (AvgIpc) is 2.97. The van der Waals surface area contributed by atoms with Gasteiger partial charge in [-0.25, -0.2) is 15.6 Å². The third kappa shape index (κ3) is 6.18. The van der Waals surface area contributed by atoms with Crippen molar-refractivity contribution in [1.29, 1.82) is 10.8 Å². The van der Waals surface area contributed by atoms with Crippen molar-refractivity contribution in [3.8, 4) is 6.07 Å². The van der Waals surface area contributed by atoms with E-state index in [1.807, 2.05) is 17.0 Å². The van der Waals surface area contributed by atoms with Gasteiger partial charge in [-0.15, -0.1) is 5.11 Å². The normalized spacial score (nSPS) is 19.1. The quantitative estimate of drug-likeness (QED) is 0.117. The van der Waals surface area contributed by atoms with Crippen molar-refractivity contribution < 1.29 is 0 Å². The summed E-state index contributed by atoms with van der Waals surface area (Å²) in [5.74, 6) is 6.98. The molecule has 1 atom stereocenters. The van der Waals surface area contributed by atoms with Gasteiger partial charge in [0.1, 0.15) is 16.7 Å². The van der Waals surface area contributed by atoms with Crippen molar-refractivity contribution in [3.05, 3.63) is 46.4 Å². The third-order valence-electron chi connectivity index (χ3n) is 7.47. The summed E-state index contributed by atoms with van der Waals surface area (Å²) in [5, 5.41) is 26.4. The lowest BCUT2D eigenvalue weighted by Crippen LogP contribution is -2.36. The van der Waals surface area contributed by atoms with Crippen LogP contribution in [0.5, 0.6) is 0 Å². The molecule has 2 saturated heterocycles. The number of nitrogens with zero attached hydrogens (tertiary/aromatic N) is 8. The van der Waals surface area contributed by atoms with Crippen LogP contribution in [0.25, 0.3) is 10.9 Å². The third-order valence-corrected chi connectivity index (χ3v) is 7.47. The highest BCUT2D eigenvalue weighted by atomic mass is 16.1. The second-order valence-corrected chi connectivity index (χ2v) is 10.1. The summed E-state index contributed by atoms with van der Waals surface area (Å²) >= 11 is 0. The molecule has 202 valence electrons. The number of piperidine rings is 2. The topological polar surface area (TPSA) is 188 Å². The van der Waals surface area contributed by atoms with Crippen molar-refractivity contribution in [3.63, 3.8) is 0 Å². The molecule has 0 bridgehead atoms. The Bertz CT molecular complexity index is 1440. The Balaban J connectivity index is 1.28. The van der Waals surface area contributed by atoms with Crippen molar-refractivity contribution in [2.75, 3.05) is 36.4 Å². The molecule has 2 fully saturated rings. The number of benzene rings is 1. The molecule has 5 N–H and O–H groups in total. The SMILES string of the molecule is N#CC1CCCN(c2nc(Nc3ccc(CN4CCC(CC(N=N)=NN)CC4)cc3)c3c(=O)[nH]ncc3n2)C1. The first-order valence-corrected chi connectivity index (χ1v) is 13.2. The van der Waals surface area contributed by atoms with Gasteiger partial charge >= 0.3 is 0 Å². The van der Waals surface area contributed by atoms with E-state index in [4.69, 9.17) is 16.4 Å². The Kier molecular flexibility index (Phi) is 8.02. The molecule has 0 spiro atoms. The number of likely N-dealkylation sites (tertiary alicyclic amines) is 1. The van der Waals surface area contributed by atoms with Gasteiger partial charge in [-0.1, -0.05) is 12.1 Å². The fraction of sp³-hybridized carbons (Fsp3) is 0.462. The number of aromatic amines is 1. The number of H-pyrrole nitrogens is 1. The number of aromatic nitrogens is 4. The Morgan fingerprint density at radius 1 is 1.21 bits per heavy atom. The molecule has 1 aromatic carbocycles. The van der Waals surface area contributed by atoms with Gasteiger partial charge in [0.2, 0.25) is 5.95 Å². The van der Waals surface area contributed by atoms with Crippen molar-refractivity contribution in [2.24, 2.45) is 27.9 Å². The van der Waals surface area contributed by atoms with E-state index in [9.17, 15) is 10.1 Å². The van der Waals surface area contributed by atoms with E-state index in [1.165, 1.54) is 11.8 Å². The Morgan fingerprint density at radius 3 is 2.72 bits per heavy atom. The number of nitrogens with two attached hydrogens (primary N) is 1. The molecule has 2 aromatic heterocycles. The standard InChI is InChI=1S/C26H32N12O/c27-13-19-2-1-9-38(16-19)26-32-21-14-30-36-25(39)23(21)24(33-26)31-20-5-3-18(4-6-20)15-37-10-7-17(8-11-37)12-22(34-28)35-29/h3-6,14,17,19,28H,1-2,7-12,15-16,29H2,(H,36,39)(H,31,32,33). The Labute approximate surface area is 225 Å². The lowest BCUT2D eigenvalue weighted by molar-refractivity contribution is 0.180. The molecular weight excluding hydrogens is 496 g/mol. The summed E-state index contributed by atoms with van der Waals surface area (Å²) in [6.45, 7) is 4.10. The van der Waals surface area contributed by atoms with Gasteiger partial charge in [-0.05, 0) is 62.4 Å². The van der Waals surface area contributed by atoms with Crippen LogP contribution < -0.4 is 21.6 Å². The number of rotatable bonds is 7. The Hall–Kier alpha value is -4.44. The summed E-state index contributed by atoms with van der Waals surface area (Å²) in [5.41, 5.74) is 9.22. The number of hydrogen-bond donors (Lipinski definition) is 4. The lowest BCUT2D eigenvalue weighted by Gasteiger charge is -2.31. The molecule has 2 aliphatic heterocycles. The zero-order valence-corrected chi connectivity index (χ0v) is 21.7. The summed E-state index contributed by atoms with van der Waals surface area (Å²) in [6, 6.07) is 10.5. The lowest BCUT2D eigenvalue weighted by atomic mass is 9.93. The van der Waals surface area contributed by atoms with Crippen LogP contribution in [-0.2, 0) is 6.54 Å². The van der Waals surface area contributed by atoms with E-state index in [2.05, 4.69) is 53.8 Å². The smallest absolute Gasteiger partial charge is 0.277 e. The van der Waals surface area contributed by atoms with Gasteiger partial charge in [0, 0.05) is 31.7 Å². The molecular formula is C26H32N12O. The summed E-state index contributed by atoms with van der Waals surface area (Å²) in [6.07, 6.45) is 5.97. The van der Waals surface area contributed by atoms with E-state index in [-0.39, 0.29) is 11.5 Å². The first-order chi connectivity index (χ1) is 19.1. The fourth-order valence-corrected chi connectivity index (χ4v) is 5.31. The van der Waals surface area contributed by atoms with Gasteiger partial charge in [0.15, 0.2) is 5.84 Å². The number of hydrogen-bond acceptors (Lipinski definition) is 11. The first-order valence-electron chi connectivity index (χ1n) is 13.2. The molecule has 3 aromatic rings. The van der Waals surface area contributed by atoms with Crippen LogP contribution in [0.1, 0.15) is 37.7 Å². The number of hydrazone groups is 1. The van der Waals surface area contributed by atoms with E-state index in [1.54, 1.807) is 0 Å². The maximum absolute atomic E-state index is 12.6. The molecule has 1 unspecified atom stereocenters. The number of amidine groups is 1. The van der Waals surface area contributed by atoms with Gasteiger partial charge in [-0.2, -0.15) is 20.4 Å². The van der Waals surface area contributed by atoms with Crippen molar-refractivity contribution in [2.45, 2.75) is 38.6 Å². The van der Waals surface area contributed by atoms with Crippen LogP contribution in [-0.4, -0.2) is 57.1 Å². The highest BCUT2D eigenvalue weighted by molar-refractivity contribution is 5.90. The second kappa shape index (κ2) is 12.0. The Morgan fingerprint density at radius 2 is 2.00 bits per heavy atom. The highest BCUT2D eigenvalue weighted by Gasteiger charge is 2.24. The minimum Gasteiger partial charge on any atom is -0.339 e. The van der Waals surface area contributed by atoms with Crippen LogP contribution in [0.4, 0.5) is 17.5 Å². The molecule has 2 aliphatic rings. The van der Waals surface area contributed by atoms with E-state index in [0.717, 1.165) is 57.5 Å². The summed E-state index contributed by atoms with van der Waals surface area (Å²) in [7, 11) is 0. The summed E-state index contributed by atoms with van der Waals surface area (Å²) in [4.78, 5) is 26.4. The number of fused-ring (bicyclic) bond motifs is 1. The number of nitrogens with one attached hydrogen (secondary N) is 3. The zero-order chi connectivity index (χ0) is 27.2. The van der Waals surface area contributed by atoms with Crippen LogP contribution in [0, 0.1) is 28.7 Å². The molecule has 5 rings (SSSR count). The minimum absolute atomic E-state index is 0.0684. The highest BCUT2D eigenvalue weighted by Crippen LogP contribution is 2.27. The van der Waals surface area contributed by atoms with E-state index >= 15 is 0 Å². The molecule has 0 amide bonds. The predicted octanol–water partition coefficient (Wildman–Crippen LogP) is 3.10. The maximum atomic E-state index is 12.6. The number of nitriles is 1. The van der Waals surface area contributed by atoms with Gasteiger partial charge in [0.05, 0.1) is 18.2 Å².